The van der Waals surface area contributed by atoms with E-state index in [1.807, 2.05) is 20.8 Å². The van der Waals surface area contributed by atoms with Crippen molar-refractivity contribution in [3.8, 4) is 11.6 Å². The molecule has 4 aromatic rings. The van der Waals surface area contributed by atoms with E-state index in [9.17, 15) is 17.6 Å². The highest BCUT2D eigenvalue weighted by molar-refractivity contribution is 5.36. The average molecular weight is 430 g/mol. The molecule has 4 aromatic heterocycles. The Balaban J connectivity index is 1.74. The van der Waals surface area contributed by atoms with Gasteiger partial charge < -0.3 is 0 Å². The molecule has 0 atom stereocenters. The van der Waals surface area contributed by atoms with E-state index >= 15 is 0 Å². The van der Waals surface area contributed by atoms with E-state index in [0.717, 1.165) is 16.4 Å². The third kappa shape index (κ3) is 4.05. The highest BCUT2D eigenvalue weighted by Gasteiger charge is 2.34. The van der Waals surface area contributed by atoms with Gasteiger partial charge >= 0.3 is 6.18 Å². The van der Waals surface area contributed by atoms with Crippen LogP contribution in [0.4, 0.5) is 17.6 Å². The summed E-state index contributed by atoms with van der Waals surface area (Å²) in [7, 11) is 0. The predicted octanol–water partition coefficient (Wildman–Crippen LogP) is 4.64. The Morgan fingerprint density at radius 2 is 1.45 bits per heavy atom. The van der Waals surface area contributed by atoms with Crippen molar-refractivity contribution in [3.05, 3.63) is 83.5 Å². The lowest BCUT2D eigenvalue weighted by Crippen LogP contribution is -2.24. The lowest BCUT2D eigenvalue weighted by molar-refractivity contribution is -0.141. The number of rotatable bonds is 4. The van der Waals surface area contributed by atoms with E-state index < -0.39 is 23.1 Å². The van der Waals surface area contributed by atoms with Crippen molar-refractivity contribution in [2.45, 2.75) is 32.4 Å². The summed E-state index contributed by atoms with van der Waals surface area (Å²) in [5.41, 5.74) is -0.204. The molecule has 6 nitrogen and oxygen atoms in total. The van der Waals surface area contributed by atoms with Crippen LogP contribution in [0.25, 0.3) is 11.6 Å². The first-order valence-corrected chi connectivity index (χ1v) is 9.35. The molecule has 4 rings (SSSR count). The highest BCUT2D eigenvalue weighted by Crippen LogP contribution is 2.31. The van der Waals surface area contributed by atoms with Crippen molar-refractivity contribution in [2.24, 2.45) is 0 Å². The minimum atomic E-state index is -4.55. The van der Waals surface area contributed by atoms with Gasteiger partial charge in [-0.3, -0.25) is 0 Å². The van der Waals surface area contributed by atoms with Crippen LogP contribution in [0.2, 0.25) is 0 Å². The molecule has 0 fully saturated rings. The fourth-order valence-corrected chi connectivity index (χ4v) is 3.10. The maximum Gasteiger partial charge on any atom is 0.435 e. The summed E-state index contributed by atoms with van der Waals surface area (Å²) < 4.78 is 55.6. The van der Waals surface area contributed by atoms with Crippen LogP contribution in [0.1, 0.15) is 36.6 Å². The molecule has 0 aliphatic carbocycles. The first kappa shape index (κ1) is 20.7. The molecule has 0 amide bonds. The quantitative estimate of drug-likeness (QED) is 0.443. The molecule has 0 aliphatic rings. The SMILES string of the molecule is Cc1ccn(-c2cc(F)cc(C(C)(C)c3cccc(-n4ccc(C(F)(F)F)n4)n3)n2)n1. The lowest BCUT2D eigenvalue weighted by Gasteiger charge is -2.24. The molecule has 31 heavy (non-hydrogen) atoms. The van der Waals surface area contributed by atoms with Crippen LogP contribution in [-0.2, 0) is 11.6 Å². The van der Waals surface area contributed by atoms with E-state index in [2.05, 4.69) is 20.2 Å². The summed E-state index contributed by atoms with van der Waals surface area (Å²) in [6, 6.07) is 10.2. The van der Waals surface area contributed by atoms with Crippen molar-refractivity contribution in [2.75, 3.05) is 0 Å². The Labute approximate surface area is 175 Å². The number of aryl methyl sites for hydroxylation is 1. The minimum Gasteiger partial charge on any atom is -0.233 e. The van der Waals surface area contributed by atoms with Gasteiger partial charge in [-0.25, -0.2) is 23.7 Å². The standard InChI is InChI=1S/C21H18F4N6/c1-13-7-9-31(28-13)19-12-14(22)11-17(27-19)20(2,3)15-5-4-6-18(26-15)30-10-8-16(29-30)21(23,24)25/h4-12H,1-3H3. The van der Waals surface area contributed by atoms with Crippen molar-refractivity contribution >= 4 is 0 Å². The van der Waals surface area contributed by atoms with Gasteiger partial charge in [0.25, 0.3) is 0 Å². The third-order valence-corrected chi connectivity index (χ3v) is 4.86. The Morgan fingerprint density at radius 3 is 2.10 bits per heavy atom. The Hall–Kier alpha value is -3.56. The van der Waals surface area contributed by atoms with Crippen molar-refractivity contribution in [1.82, 2.24) is 29.5 Å². The second-order valence-corrected chi connectivity index (χ2v) is 7.58. The van der Waals surface area contributed by atoms with Crippen molar-refractivity contribution in [3.63, 3.8) is 0 Å². The Kier molecular flexibility index (Phi) is 4.87. The van der Waals surface area contributed by atoms with Gasteiger partial charge in [0.1, 0.15) is 5.82 Å². The summed E-state index contributed by atoms with van der Waals surface area (Å²) in [5.74, 6) is 0.0360. The molecule has 4 heterocycles. The van der Waals surface area contributed by atoms with Gasteiger partial charge in [-0.2, -0.15) is 23.4 Å². The zero-order valence-electron chi connectivity index (χ0n) is 16.9. The van der Waals surface area contributed by atoms with Gasteiger partial charge in [-0.05, 0) is 51.1 Å². The van der Waals surface area contributed by atoms with Gasteiger partial charge in [0.05, 0.1) is 17.1 Å². The maximum atomic E-state index is 14.4. The summed E-state index contributed by atoms with van der Waals surface area (Å²) in [6.45, 7) is 5.43. The van der Waals surface area contributed by atoms with Gasteiger partial charge in [0.2, 0.25) is 0 Å². The summed E-state index contributed by atoms with van der Waals surface area (Å²) in [5, 5.41) is 7.82. The zero-order valence-corrected chi connectivity index (χ0v) is 16.9. The number of aromatic nitrogens is 6. The molecule has 0 unspecified atom stereocenters. The van der Waals surface area contributed by atoms with Crippen LogP contribution in [-0.4, -0.2) is 29.5 Å². The van der Waals surface area contributed by atoms with Gasteiger partial charge in [0, 0.05) is 23.9 Å². The first-order valence-electron chi connectivity index (χ1n) is 9.35. The first-order chi connectivity index (χ1) is 14.5. The van der Waals surface area contributed by atoms with Crippen LogP contribution >= 0.6 is 0 Å². The maximum absolute atomic E-state index is 14.4. The van der Waals surface area contributed by atoms with Crippen LogP contribution in [0.5, 0.6) is 0 Å². The molecule has 0 radical (unpaired) electrons. The van der Waals surface area contributed by atoms with Gasteiger partial charge in [-0.15, -0.1) is 0 Å². The van der Waals surface area contributed by atoms with Crippen molar-refractivity contribution < 1.29 is 17.6 Å². The summed E-state index contributed by atoms with van der Waals surface area (Å²) in [4.78, 5) is 9.02. The van der Waals surface area contributed by atoms with E-state index in [4.69, 9.17) is 0 Å². The molecule has 0 aromatic carbocycles. The van der Waals surface area contributed by atoms with Crippen LogP contribution in [0, 0.1) is 12.7 Å². The highest BCUT2D eigenvalue weighted by atomic mass is 19.4. The average Bonchev–Trinajstić information content (AvgIpc) is 3.37. The topological polar surface area (TPSA) is 61.4 Å². The van der Waals surface area contributed by atoms with E-state index in [1.165, 1.54) is 23.0 Å². The van der Waals surface area contributed by atoms with Crippen LogP contribution < -0.4 is 0 Å². The molecule has 0 N–H and O–H groups in total. The Bertz CT molecular complexity index is 1240. The molecule has 0 bridgehead atoms. The number of pyridine rings is 2. The molecule has 160 valence electrons. The van der Waals surface area contributed by atoms with E-state index in [0.29, 0.717) is 17.2 Å². The molecule has 0 spiro atoms. The number of alkyl halides is 3. The molecular weight excluding hydrogens is 412 g/mol. The summed E-state index contributed by atoms with van der Waals surface area (Å²) >= 11 is 0. The minimum absolute atomic E-state index is 0.209. The number of halogens is 4. The third-order valence-electron chi connectivity index (χ3n) is 4.86. The molecule has 0 saturated heterocycles. The molecule has 0 saturated carbocycles. The van der Waals surface area contributed by atoms with E-state index in [-0.39, 0.29) is 5.82 Å². The van der Waals surface area contributed by atoms with E-state index in [1.54, 1.807) is 30.5 Å². The zero-order chi connectivity index (χ0) is 22.4. The van der Waals surface area contributed by atoms with Gasteiger partial charge in [-0.1, -0.05) is 6.07 Å². The second-order valence-electron chi connectivity index (χ2n) is 7.58. The lowest BCUT2D eigenvalue weighted by atomic mass is 9.84. The van der Waals surface area contributed by atoms with Crippen molar-refractivity contribution in [1.29, 1.82) is 0 Å². The van der Waals surface area contributed by atoms with Crippen LogP contribution in [0.15, 0.2) is 54.9 Å². The predicted molar refractivity (Wildman–Crippen MR) is 105 cm³/mol. The fraction of sp³-hybridized carbons (Fsp3) is 0.238. The molecule has 0 aliphatic heterocycles. The van der Waals surface area contributed by atoms with Gasteiger partial charge in [0.15, 0.2) is 17.3 Å². The molecule has 10 heteroatoms. The largest absolute Gasteiger partial charge is 0.435 e. The van der Waals surface area contributed by atoms with Crippen LogP contribution in [0.3, 0.4) is 0 Å². The Morgan fingerprint density at radius 1 is 0.774 bits per heavy atom. The number of hydrogen-bond donors (Lipinski definition) is 0. The molecular formula is C21H18F4N6. The normalized spacial score (nSPS) is 12.4. The fourth-order valence-electron chi connectivity index (χ4n) is 3.10. The monoisotopic (exact) mass is 430 g/mol. The smallest absolute Gasteiger partial charge is 0.233 e. The second kappa shape index (κ2) is 7.29. The number of nitrogens with zero attached hydrogens (tertiary/aromatic N) is 6. The number of hydrogen-bond acceptors (Lipinski definition) is 4. The summed E-state index contributed by atoms with van der Waals surface area (Å²) in [6.07, 6.45) is -1.67.